The Morgan fingerprint density at radius 1 is 0.297 bits per heavy atom. The summed E-state index contributed by atoms with van der Waals surface area (Å²) in [6.07, 6.45) is 0. The Balaban J connectivity index is 1.05. The maximum absolute atomic E-state index is 2.56. The lowest BCUT2D eigenvalue weighted by Crippen LogP contribution is -2.43. The molecule has 0 fully saturated rings. The van der Waals surface area contributed by atoms with E-state index in [-0.39, 0.29) is 0 Å². The van der Waals surface area contributed by atoms with Gasteiger partial charge in [0.25, 0.3) is 0 Å². The van der Waals surface area contributed by atoms with Gasteiger partial charge < -0.3 is 4.90 Å². The number of hydrogen-bond acceptors (Lipinski definition) is 2. The molecular formula is C62H39NS. The largest absolute Gasteiger partial charge is 0.309 e. The van der Waals surface area contributed by atoms with Crippen molar-refractivity contribution in [3.8, 4) is 33.4 Å². The molecule has 0 N–H and O–H groups in total. The highest BCUT2D eigenvalue weighted by atomic mass is 32.1. The molecular weight excluding hydrogens is 791 g/mol. The zero-order valence-corrected chi connectivity index (χ0v) is 35.7. The van der Waals surface area contributed by atoms with Gasteiger partial charge >= 0.3 is 0 Å². The molecule has 1 heterocycles. The molecule has 2 spiro atoms. The number of nitrogens with zero attached hydrogens (tertiary/aromatic N) is 1. The Hall–Kier alpha value is -7.78. The monoisotopic (exact) mass is 829 g/mol. The van der Waals surface area contributed by atoms with Gasteiger partial charge in [-0.25, -0.2) is 0 Å². The van der Waals surface area contributed by atoms with Crippen LogP contribution in [0.25, 0.3) is 53.6 Å². The van der Waals surface area contributed by atoms with Crippen LogP contribution in [0.5, 0.6) is 0 Å². The zero-order valence-electron chi connectivity index (χ0n) is 34.9. The summed E-state index contributed by atoms with van der Waals surface area (Å²) >= 11 is 1.87. The molecule has 0 saturated heterocycles. The second kappa shape index (κ2) is 13.4. The van der Waals surface area contributed by atoms with Crippen LogP contribution in [0.15, 0.2) is 237 Å². The van der Waals surface area contributed by atoms with Crippen LogP contribution in [-0.4, -0.2) is 0 Å². The van der Waals surface area contributed by atoms with Crippen LogP contribution < -0.4 is 4.90 Å². The molecule has 0 bridgehead atoms. The molecule has 3 aliphatic rings. The van der Waals surface area contributed by atoms with Crippen LogP contribution in [0.4, 0.5) is 17.1 Å². The summed E-state index contributed by atoms with van der Waals surface area (Å²) < 4.78 is 2.59. The first-order valence-corrected chi connectivity index (χ1v) is 23.1. The van der Waals surface area contributed by atoms with Gasteiger partial charge in [0.05, 0.1) is 21.2 Å². The van der Waals surface area contributed by atoms with Crippen molar-refractivity contribution >= 4 is 48.6 Å². The molecule has 2 heteroatoms. The first-order valence-electron chi connectivity index (χ1n) is 22.3. The number of para-hydroxylation sites is 1. The van der Waals surface area contributed by atoms with Crippen LogP contribution in [0.1, 0.15) is 44.5 Å². The average molecular weight is 830 g/mol. The minimum Gasteiger partial charge on any atom is -0.309 e. The first-order chi connectivity index (χ1) is 31.8. The zero-order chi connectivity index (χ0) is 42.0. The molecule has 1 aromatic heterocycles. The van der Waals surface area contributed by atoms with Gasteiger partial charge in [0.2, 0.25) is 0 Å². The molecule has 14 rings (SSSR count). The minimum atomic E-state index is -0.544. The summed E-state index contributed by atoms with van der Waals surface area (Å²) in [5.41, 5.74) is 20.8. The van der Waals surface area contributed by atoms with E-state index < -0.39 is 10.8 Å². The van der Waals surface area contributed by atoms with Crippen molar-refractivity contribution in [2.75, 3.05) is 4.90 Å². The van der Waals surface area contributed by atoms with E-state index in [0.29, 0.717) is 0 Å². The van der Waals surface area contributed by atoms with E-state index in [9.17, 15) is 0 Å². The van der Waals surface area contributed by atoms with Crippen molar-refractivity contribution in [2.45, 2.75) is 10.8 Å². The van der Waals surface area contributed by atoms with E-state index in [4.69, 9.17) is 0 Å². The minimum absolute atomic E-state index is 0.510. The number of hydrogen-bond donors (Lipinski definition) is 0. The third-order valence-corrected chi connectivity index (χ3v) is 15.8. The summed E-state index contributed by atoms with van der Waals surface area (Å²) in [7, 11) is 0. The molecule has 0 aliphatic heterocycles. The third-order valence-electron chi connectivity index (χ3n) is 14.5. The van der Waals surface area contributed by atoms with Crippen LogP contribution in [0.3, 0.4) is 0 Å². The third kappa shape index (κ3) is 4.57. The van der Waals surface area contributed by atoms with Gasteiger partial charge in [-0.1, -0.05) is 194 Å². The highest BCUT2D eigenvalue weighted by Gasteiger charge is 2.58. The van der Waals surface area contributed by atoms with E-state index >= 15 is 0 Å². The molecule has 0 saturated carbocycles. The van der Waals surface area contributed by atoms with Crippen molar-refractivity contribution in [3.63, 3.8) is 0 Å². The van der Waals surface area contributed by atoms with Crippen LogP contribution >= 0.6 is 11.3 Å². The smallest absolute Gasteiger partial charge is 0.0720 e. The topological polar surface area (TPSA) is 3.24 Å². The normalized spacial score (nSPS) is 14.2. The molecule has 10 aromatic carbocycles. The molecule has 64 heavy (non-hydrogen) atoms. The Morgan fingerprint density at radius 3 is 1.38 bits per heavy atom. The van der Waals surface area contributed by atoms with Crippen molar-refractivity contribution in [3.05, 3.63) is 281 Å². The quantitative estimate of drug-likeness (QED) is 0.171. The molecule has 11 aromatic rings. The number of benzene rings is 10. The molecule has 0 atom stereocenters. The fourth-order valence-electron chi connectivity index (χ4n) is 12.2. The van der Waals surface area contributed by atoms with E-state index in [1.165, 1.54) is 104 Å². The number of anilines is 3. The Labute approximate surface area is 376 Å². The maximum Gasteiger partial charge on any atom is 0.0720 e. The lowest BCUT2D eigenvalue weighted by atomic mass is 9.52. The summed E-state index contributed by atoms with van der Waals surface area (Å²) in [6.45, 7) is 0. The van der Waals surface area contributed by atoms with E-state index in [0.717, 1.165) is 11.4 Å². The van der Waals surface area contributed by atoms with Gasteiger partial charge in [-0.05, 0) is 120 Å². The SMILES string of the molecule is c1ccc(N(c2cccc(-c3ccc4c(c3)C3(c5ccccc5-c5ccccc53)c3ccccc3C43c4ccccc4-c4ccccc43)c2)c2cccc3c2sc2ccccc23)cc1. The fourth-order valence-corrected chi connectivity index (χ4v) is 13.4. The van der Waals surface area contributed by atoms with Crippen molar-refractivity contribution in [1.82, 2.24) is 0 Å². The Kier molecular flexibility index (Phi) is 7.47. The highest BCUT2D eigenvalue weighted by Crippen LogP contribution is 2.67. The van der Waals surface area contributed by atoms with Crippen LogP contribution in [0, 0.1) is 0 Å². The van der Waals surface area contributed by atoms with Crippen molar-refractivity contribution < 1.29 is 0 Å². The van der Waals surface area contributed by atoms with Crippen LogP contribution in [0.2, 0.25) is 0 Å². The molecule has 1 nitrogen and oxygen atoms in total. The van der Waals surface area contributed by atoms with Gasteiger partial charge in [-0.3, -0.25) is 0 Å². The molecule has 0 amide bonds. The standard InChI is InChI=1S/C62H39NS/c1-2-19-42(20-3-1)63(58-34-17-27-49-48-26-8-15-35-59(48)64-60(49)58)43-21-16-18-40(38-43)41-36-37-56-57(39-41)62(52-30-11-6-24-46(52)47-25-7-12-31-53(47)62)55-33-14-13-32-54(55)61(56)50-28-9-4-22-44(50)45-23-5-10-29-51(45)61/h1-39H. The Bertz CT molecular complexity index is 3610. The van der Waals surface area contributed by atoms with Crippen molar-refractivity contribution in [2.24, 2.45) is 0 Å². The molecule has 298 valence electrons. The van der Waals surface area contributed by atoms with Crippen molar-refractivity contribution in [1.29, 1.82) is 0 Å². The summed E-state index contributed by atoms with van der Waals surface area (Å²) in [4.78, 5) is 2.45. The van der Waals surface area contributed by atoms with Crippen LogP contribution in [-0.2, 0) is 10.8 Å². The average Bonchev–Trinajstić information content (AvgIpc) is 4.00. The molecule has 0 radical (unpaired) electrons. The van der Waals surface area contributed by atoms with Gasteiger partial charge in [-0.15, -0.1) is 11.3 Å². The predicted octanol–water partition coefficient (Wildman–Crippen LogP) is 16.2. The maximum atomic E-state index is 2.56. The van der Waals surface area contributed by atoms with E-state index in [1.54, 1.807) is 0 Å². The second-order valence-electron chi connectivity index (χ2n) is 17.5. The summed E-state index contributed by atoms with van der Waals surface area (Å²) in [5, 5.41) is 2.59. The number of fused-ring (bicyclic) bond motifs is 19. The predicted molar refractivity (Wildman–Crippen MR) is 268 cm³/mol. The second-order valence-corrected chi connectivity index (χ2v) is 18.5. The lowest BCUT2D eigenvalue weighted by molar-refractivity contribution is 0.633. The fraction of sp³-hybridized carbons (Fsp3) is 0.0323. The Morgan fingerprint density at radius 2 is 0.750 bits per heavy atom. The van der Waals surface area contributed by atoms with E-state index in [2.05, 4.69) is 241 Å². The molecule has 0 unspecified atom stereocenters. The van der Waals surface area contributed by atoms with Gasteiger partial charge in [0, 0.05) is 26.8 Å². The lowest BCUT2D eigenvalue weighted by Gasteiger charge is -2.49. The van der Waals surface area contributed by atoms with Gasteiger partial charge in [-0.2, -0.15) is 0 Å². The van der Waals surface area contributed by atoms with Gasteiger partial charge in [0.15, 0.2) is 0 Å². The first kappa shape index (κ1) is 35.8. The van der Waals surface area contributed by atoms with Gasteiger partial charge in [0.1, 0.15) is 0 Å². The highest BCUT2D eigenvalue weighted by molar-refractivity contribution is 7.26. The number of thiophene rings is 1. The summed E-state index contributed by atoms with van der Waals surface area (Å²) in [5.74, 6) is 0. The number of rotatable bonds is 4. The molecule has 3 aliphatic carbocycles. The summed E-state index contributed by atoms with van der Waals surface area (Å²) in [6, 6.07) is 89.0. The van der Waals surface area contributed by atoms with E-state index in [1.807, 2.05) is 11.3 Å².